The quantitative estimate of drug-likeness (QED) is 0.718. The van der Waals surface area contributed by atoms with Crippen LogP contribution in [0.4, 0.5) is 5.69 Å². The standard InChI is InChI=1S/C18H16ClN3O3/c1-12-20-18(22-25-12)13-5-4-6-14(11-13)21-17(23)9-10-24-16-8-3-2-7-15(16)19/h2-8,11H,9-10H2,1H3,(H,21,23). The fourth-order valence-electron chi connectivity index (χ4n) is 2.19. The number of hydrogen-bond donors (Lipinski definition) is 1. The molecule has 0 saturated heterocycles. The fourth-order valence-corrected chi connectivity index (χ4v) is 2.38. The van der Waals surface area contributed by atoms with Crippen LogP contribution in [0.3, 0.4) is 0 Å². The fraction of sp³-hybridized carbons (Fsp3) is 0.167. The van der Waals surface area contributed by atoms with Crippen molar-refractivity contribution in [3.05, 3.63) is 59.4 Å². The van der Waals surface area contributed by atoms with Crippen molar-refractivity contribution in [2.75, 3.05) is 11.9 Å². The van der Waals surface area contributed by atoms with Gasteiger partial charge in [0.1, 0.15) is 5.75 Å². The summed E-state index contributed by atoms with van der Waals surface area (Å²) in [5, 5.41) is 7.21. The number of halogens is 1. The van der Waals surface area contributed by atoms with E-state index in [9.17, 15) is 4.79 Å². The lowest BCUT2D eigenvalue weighted by Crippen LogP contribution is -2.15. The van der Waals surface area contributed by atoms with Crippen LogP contribution >= 0.6 is 11.6 Å². The van der Waals surface area contributed by atoms with Crippen molar-refractivity contribution in [1.82, 2.24) is 10.1 Å². The third kappa shape index (κ3) is 4.58. The van der Waals surface area contributed by atoms with Crippen molar-refractivity contribution < 1.29 is 14.1 Å². The van der Waals surface area contributed by atoms with Crippen LogP contribution in [0.1, 0.15) is 12.3 Å². The van der Waals surface area contributed by atoms with Gasteiger partial charge < -0.3 is 14.6 Å². The number of anilines is 1. The molecule has 0 aliphatic rings. The highest BCUT2D eigenvalue weighted by Crippen LogP contribution is 2.23. The summed E-state index contributed by atoms with van der Waals surface area (Å²) in [5.74, 6) is 1.37. The van der Waals surface area contributed by atoms with Gasteiger partial charge in [-0.05, 0) is 24.3 Å². The molecule has 1 N–H and O–H groups in total. The molecule has 1 amide bonds. The summed E-state index contributed by atoms with van der Waals surface area (Å²) in [4.78, 5) is 16.2. The number of ether oxygens (including phenoxy) is 1. The van der Waals surface area contributed by atoms with Crippen molar-refractivity contribution in [2.24, 2.45) is 0 Å². The average molecular weight is 358 g/mol. The molecule has 0 aliphatic carbocycles. The van der Waals surface area contributed by atoms with E-state index in [1.165, 1.54) is 0 Å². The first-order valence-corrected chi connectivity index (χ1v) is 8.07. The summed E-state index contributed by atoms with van der Waals surface area (Å²) < 4.78 is 10.5. The molecule has 0 radical (unpaired) electrons. The second-order valence-corrected chi connectivity index (χ2v) is 5.70. The van der Waals surface area contributed by atoms with E-state index in [0.717, 1.165) is 5.56 Å². The van der Waals surface area contributed by atoms with E-state index in [1.807, 2.05) is 24.3 Å². The van der Waals surface area contributed by atoms with E-state index in [1.54, 1.807) is 31.2 Å². The SMILES string of the molecule is Cc1nc(-c2cccc(NC(=O)CCOc3ccccc3Cl)c2)no1. The zero-order valence-corrected chi connectivity index (χ0v) is 14.3. The Morgan fingerprint density at radius 3 is 2.84 bits per heavy atom. The summed E-state index contributed by atoms with van der Waals surface area (Å²) in [6.07, 6.45) is 0.205. The van der Waals surface area contributed by atoms with E-state index in [0.29, 0.717) is 28.2 Å². The highest BCUT2D eigenvalue weighted by Gasteiger charge is 2.08. The molecular weight excluding hydrogens is 342 g/mol. The Bertz CT molecular complexity index is 879. The van der Waals surface area contributed by atoms with Crippen molar-refractivity contribution in [3.8, 4) is 17.1 Å². The minimum atomic E-state index is -0.159. The number of benzene rings is 2. The number of aromatic nitrogens is 2. The summed E-state index contributed by atoms with van der Waals surface area (Å²) in [6.45, 7) is 1.96. The molecule has 0 fully saturated rings. The molecule has 0 spiro atoms. The van der Waals surface area contributed by atoms with Crippen LogP contribution in [0.15, 0.2) is 53.1 Å². The summed E-state index contributed by atoms with van der Waals surface area (Å²) in [5.41, 5.74) is 1.42. The van der Waals surface area contributed by atoms with Crippen molar-refractivity contribution in [3.63, 3.8) is 0 Å². The molecule has 1 aromatic heterocycles. The molecule has 7 heteroatoms. The van der Waals surface area contributed by atoms with Gasteiger partial charge in [-0.15, -0.1) is 0 Å². The number of carbonyl (C=O) groups excluding carboxylic acids is 1. The Morgan fingerprint density at radius 1 is 1.24 bits per heavy atom. The highest BCUT2D eigenvalue weighted by atomic mass is 35.5. The predicted octanol–water partition coefficient (Wildman–Crippen LogP) is 4.11. The predicted molar refractivity (Wildman–Crippen MR) is 94.7 cm³/mol. The van der Waals surface area contributed by atoms with Gasteiger partial charge in [-0.3, -0.25) is 4.79 Å². The maximum absolute atomic E-state index is 12.1. The second kappa shape index (κ2) is 7.81. The van der Waals surface area contributed by atoms with Gasteiger partial charge >= 0.3 is 0 Å². The molecule has 0 aliphatic heterocycles. The first-order valence-electron chi connectivity index (χ1n) is 7.70. The van der Waals surface area contributed by atoms with Crippen LogP contribution in [-0.2, 0) is 4.79 Å². The molecule has 2 aromatic carbocycles. The highest BCUT2D eigenvalue weighted by molar-refractivity contribution is 6.32. The molecular formula is C18H16ClN3O3. The monoisotopic (exact) mass is 357 g/mol. The number of aryl methyl sites for hydroxylation is 1. The van der Waals surface area contributed by atoms with Crippen molar-refractivity contribution >= 4 is 23.2 Å². The largest absolute Gasteiger partial charge is 0.491 e. The molecule has 3 rings (SSSR count). The molecule has 3 aromatic rings. The first kappa shape index (κ1) is 17.0. The Labute approximate surface area is 149 Å². The van der Waals surface area contributed by atoms with Crippen LogP contribution in [0.25, 0.3) is 11.4 Å². The van der Waals surface area contributed by atoms with Gasteiger partial charge in [0.25, 0.3) is 0 Å². The van der Waals surface area contributed by atoms with Gasteiger partial charge in [0.15, 0.2) is 0 Å². The molecule has 0 unspecified atom stereocenters. The van der Waals surface area contributed by atoms with Crippen molar-refractivity contribution in [1.29, 1.82) is 0 Å². The van der Waals surface area contributed by atoms with E-state index >= 15 is 0 Å². The summed E-state index contributed by atoms with van der Waals surface area (Å²) in [7, 11) is 0. The number of nitrogens with one attached hydrogen (secondary N) is 1. The van der Waals surface area contributed by atoms with E-state index in [4.69, 9.17) is 20.9 Å². The smallest absolute Gasteiger partial charge is 0.227 e. The second-order valence-electron chi connectivity index (χ2n) is 5.29. The molecule has 128 valence electrons. The molecule has 0 bridgehead atoms. The zero-order valence-electron chi connectivity index (χ0n) is 13.5. The molecule has 1 heterocycles. The average Bonchev–Trinajstić information content (AvgIpc) is 3.03. The molecule has 0 atom stereocenters. The lowest BCUT2D eigenvalue weighted by atomic mass is 10.2. The third-order valence-corrected chi connectivity index (χ3v) is 3.67. The topological polar surface area (TPSA) is 77.2 Å². The first-order chi connectivity index (χ1) is 12.1. The molecule has 6 nitrogen and oxygen atoms in total. The van der Waals surface area contributed by atoms with Crippen LogP contribution in [0.5, 0.6) is 5.75 Å². The Balaban J connectivity index is 1.55. The Kier molecular flexibility index (Phi) is 5.30. The Morgan fingerprint density at radius 2 is 2.08 bits per heavy atom. The van der Waals surface area contributed by atoms with E-state index in [-0.39, 0.29) is 18.9 Å². The lowest BCUT2D eigenvalue weighted by Gasteiger charge is -2.09. The molecule has 0 saturated carbocycles. The van der Waals surface area contributed by atoms with Gasteiger partial charge in [-0.2, -0.15) is 4.98 Å². The number of amides is 1. The normalized spacial score (nSPS) is 10.5. The van der Waals surface area contributed by atoms with Gasteiger partial charge in [0, 0.05) is 18.2 Å². The maximum Gasteiger partial charge on any atom is 0.227 e. The number of rotatable bonds is 6. The lowest BCUT2D eigenvalue weighted by molar-refractivity contribution is -0.116. The van der Waals surface area contributed by atoms with E-state index in [2.05, 4.69) is 15.5 Å². The maximum atomic E-state index is 12.1. The van der Waals surface area contributed by atoms with E-state index < -0.39 is 0 Å². The van der Waals surface area contributed by atoms with Crippen LogP contribution in [-0.4, -0.2) is 22.7 Å². The minimum Gasteiger partial charge on any atom is -0.491 e. The summed E-state index contributed by atoms with van der Waals surface area (Å²) >= 11 is 6.00. The van der Waals surface area contributed by atoms with Crippen LogP contribution in [0.2, 0.25) is 5.02 Å². The summed E-state index contributed by atoms with van der Waals surface area (Å²) in [6, 6.07) is 14.4. The number of nitrogens with zero attached hydrogens (tertiary/aromatic N) is 2. The number of carbonyl (C=O) groups is 1. The third-order valence-electron chi connectivity index (χ3n) is 3.36. The van der Waals surface area contributed by atoms with Gasteiger partial charge in [-0.1, -0.05) is 41.0 Å². The number of para-hydroxylation sites is 1. The number of hydrogen-bond acceptors (Lipinski definition) is 5. The van der Waals surface area contributed by atoms with Gasteiger partial charge in [0.05, 0.1) is 18.1 Å². The van der Waals surface area contributed by atoms with Gasteiger partial charge in [-0.25, -0.2) is 0 Å². The molecule has 25 heavy (non-hydrogen) atoms. The van der Waals surface area contributed by atoms with Gasteiger partial charge in [0.2, 0.25) is 17.6 Å². The minimum absolute atomic E-state index is 0.159. The Hall–Kier alpha value is -2.86. The van der Waals surface area contributed by atoms with Crippen LogP contribution < -0.4 is 10.1 Å². The van der Waals surface area contributed by atoms with Crippen molar-refractivity contribution in [2.45, 2.75) is 13.3 Å². The zero-order chi connectivity index (χ0) is 17.6. The van der Waals surface area contributed by atoms with Crippen LogP contribution in [0, 0.1) is 6.92 Å².